The molecule has 16 nitrogen and oxygen atoms in total. The van der Waals surface area contributed by atoms with E-state index in [0.717, 1.165) is 11.1 Å². The lowest BCUT2D eigenvalue weighted by atomic mass is 9.88. The third-order valence-electron chi connectivity index (χ3n) is 9.65. The molecule has 0 aliphatic carbocycles. The van der Waals surface area contributed by atoms with Crippen LogP contribution in [0, 0.1) is 17.2 Å². The summed E-state index contributed by atoms with van der Waals surface area (Å²) in [5, 5.41) is 39.6. The normalized spacial score (nSPS) is 17.1. The number of H-pyrrole nitrogens is 1. The van der Waals surface area contributed by atoms with Gasteiger partial charge < -0.3 is 26.0 Å². The number of aromatic nitrogens is 5. The fourth-order valence-corrected chi connectivity index (χ4v) is 7.06. The van der Waals surface area contributed by atoms with Crippen LogP contribution in [0.4, 0.5) is 21.9 Å². The number of carbonyl (C=O) groups is 4. The molecule has 2 aromatic heterocycles. The molecule has 4 amide bonds. The lowest BCUT2D eigenvalue weighted by Crippen LogP contribution is -2.59. The molecule has 0 saturated carbocycles. The van der Waals surface area contributed by atoms with Crippen molar-refractivity contribution in [2.45, 2.75) is 31.3 Å². The second-order valence-corrected chi connectivity index (χ2v) is 13.4. The molecule has 3 aromatic carbocycles. The summed E-state index contributed by atoms with van der Waals surface area (Å²) in [6.45, 7) is 1.13. The molecular weight excluding hydrogens is 726 g/mol. The SMILES string of the molecule is N#CC1CCN([C@@]2(c3ccc(CCC(=O)Nc4c[nH]c5ccc(NC(=O)C(=O)Nc6cc(Cl)ccc6-n6cnnn6)cc45)cc3)C=CC=CN2C(=O)O)CC1. The van der Waals surface area contributed by atoms with Gasteiger partial charge in [0.2, 0.25) is 5.91 Å². The van der Waals surface area contributed by atoms with Gasteiger partial charge in [-0.15, -0.1) is 5.10 Å². The minimum absolute atomic E-state index is 0.0605. The third kappa shape index (κ3) is 7.65. The lowest BCUT2D eigenvalue weighted by Gasteiger charge is -2.50. The second kappa shape index (κ2) is 15.6. The molecule has 5 N–H and O–H groups in total. The first kappa shape index (κ1) is 36.5. The molecule has 2 aliphatic rings. The van der Waals surface area contributed by atoms with Gasteiger partial charge in [-0.25, -0.2) is 4.79 Å². The number of hydrogen-bond acceptors (Lipinski definition) is 9. The van der Waals surface area contributed by atoms with Crippen molar-refractivity contribution < 1.29 is 24.3 Å². The van der Waals surface area contributed by atoms with Crippen molar-refractivity contribution in [2.75, 3.05) is 29.0 Å². The van der Waals surface area contributed by atoms with Gasteiger partial charge >= 0.3 is 17.9 Å². The first-order chi connectivity index (χ1) is 26.6. The number of nitrogens with one attached hydrogen (secondary N) is 4. The Kier molecular flexibility index (Phi) is 10.4. The molecule has 1 saturated heterocycles. The smallest absolute Gasteiger partial charge is 0.413 e. The van der Waals surface area contributed by atoms with E-state index in [1.165, 1.54) is 22.0 Å². The number of nitrogens with zero attached hydrogens (tertiary/aromatic N) is 7. The van der Waals surface area contributed by atoms with Gasteiger partial charge in [0.15, 0.2) is 0 Å². The maximum absolute atomic E-state index is 13.1. The topological polar surface area (TPSA) is 214 Å². The number of likely N-dealkylation sites (tertiary alicyclic amines) is 1. The molecule has 0 unspecified atom stereocenters. The number of allylic oxidation sites excluding steroid dienone is 2. The monoisotopic (exact) mass is 759 g/mol. The van der Waals surface area contributed by atoms with E-state index in [4.69, 9.17) is 11.6 Å². The maximum atomic E-state index is 13.1. The number of tetrazole rings is 1. The molecule has 1 fully saturated rings. The number of piperidine rings is 1. The van der Waals surface area contributed by atoms with Crippen molar-refractivity contribution in [1.82, 2.24) is 35.0 Å². The van der Waals surface area contributed by atoms with Crippen LogP contribution in [0.15, 0.2) is 97.6 Å². The van der Waals surface area contributed by atoms with Crippen LogP contribution in [0.25, 0.3) is 16.6 Å². The maximum Gasteiger partial charge on any atom is 0.413 e. The van der Waals surface area contributed by atoms with Gasteiger partial charge in [-0.1, -0.05) is 41.9 Å². The number of aryl methyl sites for hydroxylation is 1. The highest BCUT2D eigenvalue weighted by molar-refractivity contribution is 6.44. The van der Waals surface area contributed by atoms with Gasteiger partial charge in [0.1, 0.15) is 12.0 Å². The molecular formula is C38H34ClN11O5. The largest absolute Gasteiger partial charge is 0.465 e. The minimum atomic E-state index is -1.09. The van der Waals surface area contributed by atoms with Crippen LogP contribution in [-0.2, 0) is 26.5 Å². The highest BCUT2D eigenvalue weighted by atomic mass is 35.5. The first-order valence-electron chi connectivity index (χ1n) is 17.3. The van der Waals surface area contributed by atoms with Gasteiger partial charge in [0.05, 0.1) is 23.1 Å². The van der Waals surface area contributed by atoms with Crippen LogP contribution >= 0.6 is 11.6 Å². The van der Waals surface area contributed by atoms with Crippen LogP contribution < -0.4 is 16.0 Å². The highest BCUT2D eigenvalue weighted by Crippen LogP contribution is 2.39. The summed E-state index contributed by atoms with van der Waals surface area (Å²) in [5.41, 5.74) is 2.73. The summed E-state index contributed by atoms with van der Waals surface area (Å²) >= 11 is 6.12. The van der Waals surface area contributed by atoms with Crippen molar-refractivity contribution in [1.29, 1.82) is 5.26 Å². The average Bonchev–Trinajstić information content (AvgIpc) is 3.88. The number of aromatic amines is 1. The van der Waals surface area contributed by atoms with Gasteiger partial charge in [0, 0.05) is 59.4 Å². The zero-order valence-corrected chi connectivity index (χ0v) is 29.9. The van der Waals surface area contributed by atoms with E-state index >= 15 is 0 Å². The molecule has 0 radical (unpaired) electrons. The average molecular weight is 760 g/mol. The second-order valence-electron chi connectivity index (χ2n) is 13.0. The summed E-state index contributed by atoms with van der Waals surface area (Å²) < 4.78 is 1.32. The van der Waals surface area contributed by atoms with Crippen molar-refractivity contribution >= 4 is 63.4 Å². The number of amides is 4. The number of fused-ring (bicyclic) bond motifs is 1. The summed E-state index contributed by atoms with van der Waals surface area (Å²) in [7, 11) is 0. The van der Waals surface area contributed by atoms with Crippen molar-refractivity contribution in [3.05, 3.63) is 114 Å². The predicted octanol–water partition coefficient (Wildman–Crippen LogP) is 5.40. The molecule has 5 aromatic rings. The molecule has 0 spiro atoms. The van der Waals surface area contributed by atoms with Crippen LogP contribution in [0.2, 0.25) is 5.02 Å². The molecule has 4 heterocycles. The van der Waals surface area contributed by atoms with Crippen LogP contribution in [0.5, 0.6) is 0 Å². The summed E-state index contributed by atoms with van der Waals surface area (Å²) in [5.74, 6) is -2.19. The Balaban J connectivity index is 0.990. The lowest BCUT2D eigenvalue weighted by molar-refractivity contribution is -0.132. The standard InChI is InChI=1S/C38H34ClN11O5/c39-27-8-11-33(50-23-42-46-47-50)31(19-27)45-36(53)35(52)43-28-9-10-30-29(20-28)32(22-41-30)44-34(51)12-5-24-3-6-26(7-4-24)38(15-1-2-16-49(38)37(54)55)48-17-13-25(21-40)14-18-48/h1-4,6-11,15-16,19-20,22-23,25,41H,5,12-14,17-18H2,(H,43,52)(H,44,51)(H,45,53)(H,54,55)/t38-/m0/s1. The summed E-state index contributed by atoms with van der Waals surface area (Å²) in [6.07, 6.45) is 10.7. The minimum Gasteiger partial charge on any atom is -0.465 e. The highest BCUT2D eigenvalue weighted by Gasteiger charge is 2.46. The number of halogens is 1. The Morgan fingerprint density at radius 2 is 1.75 bits per heavy atom. The quantitative estimate of drug-likeness (QED) is 0.121. The van der Waals surface area contributed by atoms with E-state index in [0.29, 0.717) is 65.3 Å². The molecule has 7 rings (SSSR count). The molecule has 1 atom stereocenters. The number of carbonyl (C=O) groups excluding carboxylic acids is 3. The van der Waals surface area contributed by atoms with Gasteiger partial charge in [-0.2, -0.15) is 9.94 Å². The number of anilines is 3. The fourth-order valence-electron chi connectivity index (χ4n) is 6.89. The predicted molar refractivity (Wildman–Crippen MR) is 203 cm³/mol. The first-order valence-corrected chi connectivity index (χ1v) is 17.7. The molecule has 278 valence electrons. The molecule has 17 heteroatoms. The number of hydrogen-bond donors (Lipinski definition) is 5. The Morgan fingerprint density at radius 3 is 2.47 bits per heavy atom. The number of rotatable bonds is 9. The van der Waals surface area contributed by atoms with Crippen molar-refractivity contribution in [3.8, 4) is 11.8 Å². The molecule has 0 bridgehead atoms. The van der Waals surface area contributed by atoms with Gasteiger partial charge in [-0.05, 0) is 89.4 Å². The van der Waals surface area contributed by atoms with Crippen LogP contribution in [-0.4, -0.2) is 77.0 Å². The van der Waals surface area contributed by atoms with E-state index in [9.17, 15) is 29.5 Å². The van der Waals surface area contributed by atoms with Crippen LogP contribution in [0.3, 0.4) is 0 Å². The van der Waals surface area contributed by atoms with Gasteiger partial charge in [0.25, 0.3) is 0 Å². The number of nitriles is 1. The number of benzene rings is 3. The van der Waals surface area contributed by atoms with Gasteiger partial charge in [-0.3, -0.25) is 24.2 Å². The summed E-state index contributed by atoms with van der Waals surface area (Å²) in [6, 6.07) is 19.6. The van der Waals surface area contributed by atoms with E-state index < -0.39 is 23.6 Å². The Bertz CT molecular complexity index is 2360. The Labute approximate surface area is 319 Å². The van der Waals surface area contributed by atoms with Crippen molar-refractivity contribution in [2.24, 2.45) is 5.92 Å². The van der Waals surface area contributed by atoms with E-state index in [-0.39, 0.29) is 23.9 Å². The Morgan fingerprint density at radius 1 is 0.964 bits per heavy atom. The number of carboxylic acid groups (broad SMARTS) is 1. The van der Waals surface area contributed by atoms with Crippen molar-refractivity contribution in [3.63, 3.8) is 0 Å². The Hall–Kier alpha value is -6.83. The van der Waals surface area contributed by atoms with E-state index in [1.54, 1.807) is 48.8 Å². The summed E-state index contributed by atoms with van der Waals surface area (Å²) in [4.78, 5) is 57.9. The van der Waals surface area contributed by atoms with E-state index in [2.05, 4.69) is 47.4 Å². The van der Waals surface area contributed by atoms with E-state index in [1.807, 2.05) is 36.4 Å². The molecule has 2 aliphatic heterocycles. The zero-order valence-electron chi connectivity index (χ0n) is 29.1. The third-order valence-corrected chi connectivity index (χ3v) is 9.89. The molecule has 55 heavy (non-hydrogen) atoms. The fraction of sp³-hybridized carbons (Fsp3) is 0.211. The van der Waals surface area contributed by atoms with Crippen LogP contribution in [0.1, 0.15) is 30.4 Å². The zero-order chi connectivity index (χ0) is 38.5.